The highest BCUT2D eigenvalue weighted by Crippen LogP contribution is 2.27. The second kappa shape index (κ2) is 7.55. The Labute approximate surface area is 156 Å². The van der Waals surface area contributed by atoms with Crippen LogP contribution in [0.5, 0.6) is 0 Å². The molecule has 26 heavy (non-hydrogen) atoms. The fourth-order valence-corrected chi connectivity index (χ4v) is 2.93. The van der Waals surface area contributed by atoms with E-state index >= 15 is 0 Å². The third kappa shape index (κ3) is 3.91. The number of hydrogen-bond acceptors (Lipinski definition) is 0. The van der Waals surface area contributed by atoms with Crippen LogP contribution in [-0.2, 0) is 0 Å². The largest absolute Gasteiger partial charge is 0.253 e. The van der Waals surface area contributed by atoms with Crippen molar-refractivity contribution in [2.75, 3.05) is 0 Å². The van der Waals surface area contributed by atoms with Gasteiger partial charge in [-0.15, -0.1) is 35.8 Å². The molecule has 0 radical (unpaired) electrons. The zero-order chi connectivity index (χ0) is 17.6. The fraction of sp³-hybridized carbons (Fsp3) is 0. The van der Waals surface area contributed by atoms with E-state index in [4.69, 9.17) is 0 Å². The molecule has 3 aliphatic carbocycles. The van der Waals surface area contributed by atoms with Crippen molar-refractivity contribution in [1.82, 2.24) is 0 Å². The lowest BCUT2D eigenvalue weighted by atomic mass is 9.91. The summed E-state index contributed by atoms with van der Waals surface area (Å²) in [7, 11) is 0. The van der Waals surface area contributed by atoms with Crippen molar-refractivity contribution in [1.29, 1.82) is 0 Å². The van der Waals surface area contributed by atoms with Crippen LogP contribution in [0.25, 0.3) is 0 Å². The molecule has 1 aromatic carbocycles. The maximum Gasteiger partial charge on any atom is 0.226 e. The first-order valence-electron chi connectivity index (χ1n) is 8.71. The molecule has 0 amide bonds. The number of allylic oxidation sites excluding steroid dienone is 14. The number of rotatable bonds is 2. The maximum absolute atomic E-state index is 3.45. The minimum absolute atomic E-state index is 1.08. The predicted molar refractivity (Wildman–Crippen MR) is 108 cm³/mol. The minimum atomic E-state index is 1.08. The molecule has 0 bridgehead atoms. The highest BCUT2D eigenvalue weighted by Gasteiger charge is 2.16. The monoisotopic (exact) mass is 330 g/mol. The predicted octanol–water partition coefficient (Wildman–Crippen LogP) is 5.95. The van der Waals surface area contributed by atoms with Crippen molar-refractivity contribution >= 4 is 0 Å². The van der Waals surface area contributed by atoms with Gasteiger partial charge >= 0.3 is 0 Å². The molecule has 4 rings (SSSR count). The van der Waals surface area contributed by atoms with Gasteiger partial charge in [-0.1, -0.05) is 5.57 Å². The van der Waals surface area contributed by atoms with Gasteiger partial charge < -0.3 is 0 Å². The van der Waals surface area contributed by atoms with Gasteiger partial charge in [-0.2, -0.15) is 30.7 Å². The molecule has 0 saturated heterocycles. The molecule has 0 atom stereocenters. The normalized spacial score (nSPS) is 19.0. The maximum atomic E-state index is 3.45. The highest BCUT2D eigenvalue weighted by atomic mass is 14.1. The van der Waals surface area contributed by atoms with Gasteiger partial charge in [0, 0.05) is 23.8 Å². The molecule has 0 spiro atoms. The van der Waals surface area contributed by atoms with Crippen LogP contribution >= 0.6 is 0 Å². The van der Waals surface area contributed by atoms with Gasteiger partial charge in [-0.05, 0) is 12.1 Å². The van der Waals surface area contributed by atoms with Gasteiger partial charge in [-0.25, -0.2) is 0 Å². The first-order valence-corrected chi connectivity index (χ1v) is 8.71. The molecular formula is C26H18. The Morgan fingerprint density at radius 3 is 2.50 bits per heavy atom. The molecule has 0 nitrogen and oxygen atoms in total. The zero-order valence-electron chi connectivity index (χ0n) is 14.4. The lowest BCUT2D eigenvalue weighted by Gasteiger charge is -2.17. The zero-order valence-corrected chi connectivity index (χ0v) is 14.4. The molecule has 0 heterocycles. The van der Waals surface area contributed by atoms with E-state index < -0.39 is 0 Å². The molecular weight excluding hydrogens is 312 g/mol. The van der Waals surface area contributed by atoms with Gasteiger partial charge in [0.2, 0.25) is 11.1 Å². The van der Waals surface area contributed by atoms with E-state index in [1.807, 2.05) is 36.8 Å². The van der Waals surface area contributed by atoms with Gasteiger partial charge in [0.15, 0.2) is 0 Å². The van der Waals surface area contributed by atoms with Crippen molar-refractivity contribution in [3.63, 3.8) is 0 Å². The van der Waals surface area contributed by atoms with E-state index in [2.05, 4.69) is 85.4 Å². The quantitative estimate of drug-likeness (QED) is 0.464. The lowest BCUT2D eigenvalue weighted by Crippen LogP contribution is -1.96. The van der Waals surface area contributed by atoms with Crippen LogP contribution in [0.3, 0.4) is 0 Å². The van der Waals surface area contributed by atoms with Crippen LogP contribution in [-0.4, -0.2) is 0 Å². The topological polar surface area (TPSA) is 0 Å². The highest BCUT2D eigenvalue weighted by molar-refractivity contribution is 5.60. The van der Waals surface area contributed by atoms with Crippen LogP contribution in [0.15, 0.2) is 125 Å². The fourth-order valence-electron chi connectivity index (χ4n) is 2.93. The second-order valence-electron chi connectivity index (χ2n) is 6.14. The summed E-state index contributed by atoms with van der Waals surface area (Å²) in [6, 6.07) is 10.2. The first-order chi connectivity index (χ1) is 12.9. The van der Waals surface area contributed by atoms with Crippen molar-refractivity contribution in [3.8, 4) is 0 Å². The minimum Gasteiger partial charge on any atom is -0.253 e. The van der Waals surface area contributed by atoms with Crippen LogP contribution in [0.4, 0.5) is 0 Å². The Kier molecular flexibility index (Phi) is 4.63. The standard InChI is InChI=1S/C26H18/c1-3-9-21(10-4-1)17-23-13-7-15-25(19-23)26-16-8-14-24(20-26)18-22-11-5-2-6-12-22/h1-16,19-20H. The number of benzene rings is 1. The molecule has 3 aliphatic rings. The molecule has 1 aromatic rings. The van der Waals surface area contributed by atoms with Crippen LogP contribution in [0, 0.1) is 25.3 Å². The average molecular weight is 330 g/mol. The second-order valence-corrected chi connectivity index (χ2v) is 6.14. The molecule has 0 saturated carbocycles. The van der Waals surface area contributed by atoms with Crippen LogP contribution < -0.4 is 0 Å². The molecule has 0 heteroatoms. The van der Waals surface area contributed by atoms with Crippen LogP contribution in [0.2, 0.25) is 0 Å². The Morgan fingerprint density at radius 2 is 1.65 bits per heavy atom. The molecule has 0 unspecified atom stereocenters. The van der Waals surface area contributed by atoms with E-state index in [1.165, 1.54) is 11.1 Å². The summed E-state index contributed by atoms with van der Waals surface area (Å²) in [5.41, 5.74) is 10.2. The summed E-state index contributed by atoms with van der Waals surface area (Å²) in [6.45, 7) is 0. The van der Waals surface area contributed by atoms with Gasteiger partial charge in [-0.3, -0.25) is 5.73 Å². The van der Waals surface area contributed by atoms with E-state index in [0.717, 1.165) is 22.3 Å². The summed E-state index contributed by atoms with van der Waals surface area (Å²) >= 11 is 0. The molecule has 0 fully saturated rings. The lowest BCUT2D eigenvalue weighted by molar-refractivity contribution is 1.36. The van der Waals surface area contributed by atoms with Crippen molar-refractivity contribution in [2.24, 2.45) is 0 Å². The van der Waals surface area contributed by atoms with Gasteiger partial charge in [0.05, 0.1) is 24.6 Å². The summed E-state index contributed by atoms with van der Waals surface area (Å²) in [4.78, 5) is 0. The van der Waals surface area contributed by atoms with Crippen molar-refractivity contribution in [2.45, 2.75) is 0 Å². The van der Waals surface area contributed by atoms with Crippen LogP contribution in [0.1, 0.15) is 5.56 Å². The number of hydrogen-bond donors (Lipinski definition) is 0. The van der Waals surface area contributed by atoms with E-state index in [9.17, 15) is 0 Å². The Balaban J connectivity index is 1.64. The molecule has 0 aliphatic heterocycles. The Hall–Kier alpha value is -3.56. The summed E-state index contributed by atoms with van der Waals surface area (Å²) in [5, 5.41) is 0. The Morgan fingerprint density at radius 1 is 0.846 bits per heavy atom. The van der Waals surface area contributed by atoms with Gasteiger partial charge in [0.1, 0.15) is 6.08 Å². The Bertz CT molecular complexity index is 946. The molecule has 0 aromatic heterocycles. The van der Waals surface area contributed by atoms with Crippen molar-refractivity contribution in [3.05, 3.63) is 156 Å². The third-order valence-corrected chi connectivity index (χ3v) is 4.18. The molecule has 0 N–H and O–H groups in total. The van der Waals surface area contributed by atoms with Crippen molar-refractivity contribution < 1.29 is 0 Å². The van der Waals surface area contributed by atoms with E-state index in [1.54, 1.807) is 0 Å². The van der Waals surface area contributed by atoms with E-state index in [0.29, 0.717) is 0 Å². The summed E-state index contributed by atoms with van der Waals surface area (Å²) in [5.74, 6) is 0. The SMILES string of the molecule is C(=C1C=C[CH-]C=C1)=C1C=C(C2=CC(=[C+]c3ccccc3)[CH+]C=C2)C=C[CH-]1. The summed E-state index contributed by atoms with van der Waals surface area (Å²) in [6.07, 6.45) is 30.6. The van der Waals surface area contributed by atoms with Gasteiger partial charge in [0.25, 0.3) is 0 Å². The summed E-state index contributed by atoms with van der Waals surface area (Å²) < 4.78 is 0. The molecule has 122 valence electrons. The average Bonchev–Trinajstić information content (AvgIpc) is 2.70. The third-order valence-electron chi connectivity index (χ3n) is 4.18. The first kappa shape index (κ1) is 15.9. The smallest absolute Gasteiger partial charge is 0.226 e. The van der Waals surface area contributed by atoms with E-state index in [-0.39, 0.29) is 0 Å².